The second-order valence-corrected chi connectivity index (χ2v) is 4.35. The van der Waals surface area contributed by atoms with Gasteiger partial charge < -0.3 is 5.32 Å². The highest BCUT2D eigenvalue weighted by atomic mass is 32.2. The van der Waals surface area contributed by atoms with Crippen LogP contribution in [0.5, 0.6) is 0 Å². The summed E-state index contributed by atoms with van der Waals surface area (Å²) in [7, 11) is 1.95. The van der Waals surface area contributed by atoms with Gasteiger partial charge in [-0.3, -0.25) is 0 Å². The van der Waals surface area contributed by atoms with Crippen LogP contribution in [0.1, 0.15) is 5.56 Å². The second kappa shape index (κ2) is 5.63. The highest BCUT2D eigenvalue weighted by Crippen LogP contribution is 2.28. The normalized spacial score (nSPS) is 10.3. The smallest absolute Gasteiger partial charge is 0.116 e. The van der Waals surface area contributed by atoms with E-state index < -0.39 is 0 Å². The maximum absolute atomic E-state index is 4.21. The largest absolute Gasteiger partial charge is 0.316 e. The molecule has 0 bridgehead atoms. The van der Waals surface area contributed by atoms with Gasteiger partial charge in [-0.25, -0.2) is 9.97 Å². The van der Waals surface area contributed by atoms with Gasteiger partial charge in [-0.2, -0.15) is 0 Å². The molecular formula is C12H13N3S. The van der Waals surface area contributed by atoms with Gasteiger partial charge in [-0.1, -0.05) is 30.0 Å². The Morgan fingerprint density at radius 3 is 2.88 bits per heavy atom. The molecule has 0 aliphatic heterocycles. The van der Waals surface area contributed by atoms with Crippen LogP contribution in [0.15, 0.2) is 52.8 Å². The van der Waals surface area contributed by atoms with Crippen molar-refractivity contribution in [1.29, 1.82) is 0 Å². The molecule has 2 rings (SSSR count). The van der Waals surface area contributed by atoms with E-state index in [1.165, 1.54) is 10.5 Å². The third kappa shape index (κ3) is 2.81. The summed E-state index contributed by atoms with van der Waals surface area (Å²) in [5.74, 6) is 0. The lowest BCUT2D eigenvalue weighted by Crippen LogP contribution is -2.05. The molecule has 1 aromatic heterocycles. The molecular weight excluding hydrogens is 218 g/mol. The first kappa shape index (κ1) is 11.1. The van der Waals surface area contributed by atoms with Crippen LogP contribution in [0.2, 0.25) is 0 Å². The predicted molar refractivity (Wildman–Crippen MR) is 65.4 cm³/mol. The summed E-state index contributed by atoms with van der Waals surface area (Å²) in [4.78, 5) is 9.35. The van der Waals surface area contributed by atoms with E-state index in [1.807, 2.05) is 19.2 Å². The molecule has 0 spiro atoms. The van der Waals surface area contributed by atoms with E-state index in [0.29, 0.717) is 0 Å². The maximum atomic E-state index is 4.21. The third-order valence-corrected chi connectivity index (χ3v) is 3.18. The van der Waals surface area contributed by atoms with E-state index >= 15 is 0 Å². The van der Waals surface area contributed by atoms with Gasteiger partial charge >= 0.3 is 0 Å². The third-order valence-electron chi connectivity index (χ3n) is 2.11. The molecule has 0 amide bonds. The monoisotopic (exact) mass is 231 g/mol. The van der Waals surface area contributed by atoms with Crippen LogP contribution in [0.4, 0.5) is 0 Å². The zero-order valence-electron chi connectivity index (χ0n) is 9.05. The molecule has 2 aromatic rings. The Bertz CT molecular complexity index is 445. The van der Waals surface area contributed by atoms with Gasteiger partial charge in [0.1, 0.15) is 11.4 Å². The number of rotatable bonds is 4. The molecule has 3 nitrogen and oxygen atoms in total. The molecule has 0 unspecified atom stereocenters. The lowest BCUT2D eigenvalue weighted by atomic mass is 10.2. The minimum atomic E-state index is 0.869. The Balaban J connectivity index is 2.21. The molecule has 82 valence electrons. The van der Waals surface area contributed by atoms with Gasteiger partial charge in [-0.05, 0) is 24.7 Å². The zero-order chi connectivity index (χ0) is 11.2. The topological polar surface area (TPSA) is 37.8 Å². The molecule has 0 saturated heterocycles. The van der Waals surface area contributed by atoms with Crippen molar-refractivity contribution in [2.24, 2.45) is 0 Å². The van der Waals surface area contributed by atoms with E-state index in [1.54, 1.807) is 24.3 Å². The fourth-order valence-electron chi connectivity index (χ4n) is 1.39. The number of nitrogens with zero attached hydrogens (tertiary/aromatic N) is 2. The fraction of sp³-hybridized carbons (Fsp3) is 0.167. The van der Waals surface area contributed by atoms with Gasteiger partial charge in [0.05, 0.1) is 0 Å². The zero-order valence-corrected chi connectivity index (χ0v) is 9.87. The van der Waals surface area contributed by atoms with Crippen molar-refractivity contribution in [3.05, 3.63) is 48.4 Å². The summed E-state index contributed by atoms with van der Waals surface area (Å²) in [5, 5.41) is 4.13. The van der Waals surface area contributed by atoms with E-state index in [2.05, 4.69) is 33.5 Å². The minimum Gasteiger partial charge on any atom is -0.316 e. The van der Waals surface area contributed by atoms with Crippen molar-refractivity contribution in [2.45, 2.75) is 16.5 Å². The molecule has 1 N–H and O–H groups in total. The molecule has 4 heteroatoms. The summed E-state index contributed by atoms with van der Waals surface area (Å²) < 4.78 is 0. The first-order chi connectivity index (χ1) is 7.90. The Morgan fingerprint density at radius 2 is 2.12 bits per heavy atom. The molecule has 1 heterocycles. The summed E-state index contributed by atoms with van der Waals surface area (Å²) in [6, 6.07) is 10.2. The van der Waals surface area contributed by atoms with Gasteiger partial charge in [0.15, 0.2) is 0 Å². The minimum absolute atomic E-state index is 0.869. The van der Waals surface area contributed by atoms with Crippen LogP contribution >= 0.6 is 11.8 Å². The van der Waals surface area contributed by atoms with Crippen LogP contribution in [-0.4, -0.2) is 17.0 Å². The second-order valence-electron chi connectivity index (χ2n) is 3.29. The Kier molecular flexibility index (Phi) is 3.91. The molecule has 0 aliphatic rings. The molecule has 0 saturated carbocycles. The summed E-state index contributed by atoms with van der Waals surface area (Å²) in [5.41, 5.74) is 1.29. The molecule has 0 radical (unpaired) electrons. The van der Waals surface area contributed by atoms with Crippen molar-refractivity contribution in [1.82, 2.24) is 15.3 Å². The van der Waals surface area contributed by atoms with Crippen LogP contribution in [-0.2, 0) is 6.54 Å². The van der Waals surface area contributed by atoms with Crippen molar-refractivity contribution < 1.29 is 0 Å². The van der Waals surface area contributed by atoms with Crippen molar-refractivity contribution in [2.75, 3.05) is 7.05 Å². The van der Waals surface area contributed by atoms with E-state index in [-0.39, 0.29) is 0 Å². The van der Waals surface area contributed by atoms with Crippen LogP contribution in [0, 0.1) is 0 Å². The SMILES string of the molecule is CNCc1ccccc1Sc1ccncn1. The van der Waals surface area contributed by atoms with Crippen molar-refractivity contribution in [3.8, 4) is 0 Å². The number of nitrogens with one attached hydrogen (secondary N) is 1. The number of hydrogen-bond donors (Lipinski definition) is 1. The molecule has 0 aliphatic carbocycles. The quantitative estimate of drug-likeness (QED) is 0.820. The lowest BCUT2D eigenvalue weighted by molar-refractivity contribution is 0.803. The average molecular weight is 231 g/mol. The van der Waals surface area contributed by atoms with Gasteiger partial charge in [-0.15, -0.1) is 0 Å². The summed E-state index contributed by atoms with van der Waals surface area (Å²) in [6.07, 6.45) is 3.33. The van der Waals surface area contributed by atoms with E-state index in [9.17, 15) is 0 Å². The number of aromatic nitrogens is 2. The highest BCUT2D eigenvalue weighted by Gasteiger charge is 2.03. The summed E-state index contributed by atoms with van der Waals surface area (Å²) in [6.45, 7) is 0.869. The van der Waals surface area contributed by atoms with Crippen LogP contribution in [0.3, 0.4) is 0 Å². The Labute approximate surface area is 99.3 Å². The lowest BCUT2D eigenvalue weighted by Gasteiger charge is -2.07. The fourth-order valence-corrected chi connectivity index (χ4v) is 2.26. The molecule has 1 aromatic carbocycles. The predicted octanol–water partition coefficient (Wildman–Crippen LogP) is 2.35. The van der Waals surface area contributed by atoms with E-state index in [0.717, 1.165) is 11.6 Å². The first-order valence-corrected chi connectivity index (χ1v) is 5.88. The summed E-state index contributed by atoms with van der Waals surface area (Å²) >= 11 is 1.66. The van der Waals surface area contributed by atoms with Crippen LogP contribution < -0.4 is 5.32 Å². The Hall–Kier alpha value is -1.39. The van der Waals surface area contributed by atoms with Gasteiger partial charge in [0.25, 0.3) is 0 Å². The first-order valence-electron chi connectivity index (χ1n) is 5.06. The number of benzene rings is 1. The van der Waals surface area contributed by atoms with Crippen molar-refractivity contribution >= 4 is 11.8 Å². The standard InChI is InChI=1S/C12H13N3S/c1-13-8-10-4-2-3-5-11(10)16-12-6-7-14-9-15-12/h2-7,9,13H,8H2,1H3. The van der Waals surface area contributed by atoms with Crippen LogP contribution in [0.25, 0.3) is 0 Å². The Morgan fingerprint density at radius 1 is 1.25 bits per heavy atom. The maximum Gasteiger partial charge on any atom is 0.116 e. The average Bonchev–Trinajstić information content (AvgIpc) is 2.33. The molecule has 0 fully saturated rings. The van der Waals surface area contributed by atoms with Gasteiger partial charge in [0, 0.05) is 17.6 Å². The number of hydrogen-bond acceptors (Lipinski definition) is 4. The molecule has 0 atom stereocenters. The van der Waals surface area contributed by atoms with Gasteiger partial charge in [0.2, 0.25) is 0 Å². The van der Waals surface area contributed by atoms with Crippen molar-refractivity contribution in [3.63, 3.8) is 0 Å². The molecule has 16 heavy (non-hydrogen) atoms. The van der Waals surface area contributed by atoms with E-state index in [4.69, 9.17) is 0 Å². The highest BCUT2D eigenvalue weighted by molar-refractivity contribution is 7.99.